The predicted octanol–water partition coefficient (Wildman–Crippen LogP) is 5.21. The number of carbonyl (C=O) groups excluding carboxylic acids is 1. The van der Waals surface area contributed by atoms with E-state index < -0.39 is 0 Å². The van der Waals surface area contributed by atoms with E-state index in [0.29, 0.717) is 0 Å². The highest BCUT2D eigenvalue weighted by Crippen LogP contribution is 2.37. The number of nitrogens with zero attached hydrogens (tertiary/aromatic N) is 2. The molecule has 1 atom stereocenters. The fourth-order valence-corrected chi connectivity index (χ4v) is 4.76. The summed E-state index contributed by atoms with van der Waals surface area (Å²) in [6.07, 6.45) is 6.45. The molecule has 2 heterocycles. The molecule has 4 heteroatoms. The second-order valence-electron chi connectivity index (χ2n) is 8.67. The van der Waals surface area contributed by atoms with E-state index in [0.717, 1.165) is 38.2 Å². The number of hydrogen-bond donors (Lipinski definition) is 1. The summed E-state index contributed by atoms with van der Waals surface area (Å²) in [5.41, 5.74) is 4.81. The minimum absolute atomic E-state index is 0.0395. The van der Waals surface area contributed by atoms with Crippen LogP contribution in [-0.4, -0.2) is 28.9 Å². The lowest BCUT2D eigenvalue weighted by molar-refractivity contribution is -0.114. The average Bonchev–Trinajstić information content (AvgIpc) is 2.80. The number of likely N-dealkylation sites (tertiary alicyclic amines) is 1. The lowest BCUT2D eigenvalue weighted by atomic mass is 9.72. The van der Waals surface area contributed by atoms with Crippen molar-refractivity contribution >= 4 is 11.6 Å². The first kappa shape index (κ1) is 21.3. The molecule has 4 rings (SSSR count). The van der Waals surface area contributed by atoms with Gasteiger partial charge in [0.25, 0.3) is 0 Å². The van der Waals surface area contributed by atoms with E-state index in [9.17, 15) is 4.79 Å². The van der Waals surface area contributed by atoms with E-state index in [-0.39, 0.29) is 11.3 Å². The molecular weight excluding hydrogens is 382 g/mol. The summed E-state index contributed by atoms with van der Waals surface area (Å²) in [6, 6.07) is 25.3. The van der Waals surface area contributed by atoms with E-state index in [1.165, 1.54) is 36.6 Å². The summed E-state index contributed by atoms with van der Waals surface area (Å²) in [4.78, 5) is 18.6. The van der Waals surface area contributed by atoms with Crippen molar-refractivity contribution in [1.29, 1.82) is 0 Å². The third-order valence-corrected chi connectivity index (χ3v) is 6.28. The first-order chi connectivity index (χ1) is 15.1. The highest BCUT2D eigenvalue weighted by Gasteiger charge is 2.37. The smallest absolute Gasteiger partial charge is 0.221 e. The number of piperidine rings is 1. The van der Waals surface area contributed by atoms with E-state index in [2.05, 4.69) is 64.8 Å². The number of rotatable bonds is 7. The molecule has 1 fully saturated rings. The molecule has 1 N–H and O–H groups in total. The molecule has 0 spiro atoms. The summed E-state index contributed by atoms with van der Waals surface area (Å²) < 4.78 is 0. The molecule has 1 unspecified atom stereocenters. The van der Waals surface area contributed by atoms with Crippen LogP contribution in [0.5, 0.6) is 0 Å². The van der Waals surface area contributed by atoms with Crippen molar-refractivity contribution in [3.63, 3.8) is 0 Å². The van der Waals surface area contributed by atoms with Gasteiger partial charge in [0.1, 0.15) is 0 Å². The van der Waals surface area contributed by atoms with Crippen molar-refractivity contribution in [1.82, 2.24) is 9.88 Å². The maximum absolute atomic E-state index is 11.3. The number of hydrogen-bond acceptors (Lipinski definition) is 3. The fraction of sp³-hybridized carbons (Fsp3) is 0.333. The third-order valence-electron chi connectivity index (χ3n) is 6.28. The standard InChI is InChI=1S/C27H31N3O/c1-22(31)29-25-13-11-24(12-14-25)20-30-19-7-16-27(21-30,26-10-5-6-18-28-26)17-15-23-8-3-2-4-9-23/h2-6,8-14,18H,7,15-17,19-21H2,1H3,(H,29,31). The molecule has 1 aliphatic heterocycles. The van der Waals surface area contributed by atoms with Gasteiger partial charge in [-0.05, 0) is 67.6 Å². The lowest BCUT2D eigenvalue weighted by Gasteiger charge is -2.43. The van der Waals surface area contributed by atoms with Crippen LogP contribution >= 0.6 is 0 Å². The number of anilines is 1. The molecule has 1 amide bonds. The molecule has 0 saturated carbocycles. The number of pyridine rings is 1. The van der Waals surface area contributed by atoms with Crippen LogP contribution in [-0.2, 0) is 23.2 Å². The van der Waals surface area contributed by atoms with Crippen LogP contribution in [0.2, 0.25) is 0 Å². The first-order valence-corrected chi connectivity index (χ1v) is 11.2. The van der Waals surface area contributed by atoms with Gasteiger partial charge in [-0.15, -0.1) is 0 Å². The Bertz CT molecular complexity index is 972. The maximum atomic E-state index is 11.3. The number of carbonyl (C=O) groups is 1. The summed E-state index contributed by atoms with van der Waals surface area (Å²) >= 11 is 0. The molecule has 4 nitrogen and oxygen atoms in total. The second kappa shape index (κ2) is 9.88. The van der Waals surface area contributed by atoms with Crippen molar-refractivity contribution in [3.8, 4) is 0 Å². The highest BCUT2D eigenvalue weighted by molar-refractivity contribution is 5.88. The second-order valence-corrected chi connectivity index (χ2v) is 8.67. The molecule has 0 radical (unpaired) electrons. The molecule has 3 aromatic rings. The van der Waals surface area contributed by atoms with Crippen LogP contribution in [0.3, 0.4) is 0 Å². The van der Waals surface area contributed by atoms with Crippen molar-refractivity contribution < 1.29 is 4.79 Å². The van der Waals surface area contributed by atoms with E-state index in [4.69, 9.17) is 4.98 Å². The molecule has 2 aromatic carbocycles. The van der Waals surface area contributed by atoms with Gasteiger partial charge in [-0.2, -0.15) is 0 Å². The molecule has 0 aliphatic carbocycles. The molecule has 1 aliphatic rings. The Morgan fingerprint density at radius 1 is 1.00 bits per heavy atom. The number of nitrogens with one attached hydrogen (secondary N) is 1. The van der Waals surface area contributed by atoms with E-state index in [1.54, 1.807) is 0 Å². The van der Waals surface area contributed by atoms with E-state index in [1.807, 2.05) is 24.4 Å². The molecular formula is C27H31N3O. The molecule has 1 saturated heterocycles. The minimum atomic E-state index is -0.0395. The number of amides is 1. The Hall–Kier alpha value is -2.98. The zero-order valence-corrected chi connectivity index (χ0v) is 18.3. The van der Waals surface area contributed by atoms with Crippen LogP contribution in [0.4, 0.5) is 5.69 Å². The summed E-state index contributed by atoms with van der Waals surface area (Å²) in [6.45, 7) is 4.58. The first-order valence-electron chi connectivity index (χ1n) is 11.2. The molecule has 160 valence electrons. The van der Waals surface area contributed by atoms with Gasteiger partial charge in [-0.1, -0.05) is 48.5 Å². The predicted molar refractivity (Wildman–Crippen MR) is 126 cm³/mol. The van der Waals surface area contributed by atoms with Crippen LogP contribution in [0, 0.1) is 0 Å². The van der Waals surface area contributed by atoms with Crippen LogP contribution in [0.15, 0.2) is 79.0 Å². The van der Waals surface area contributed by atoms with Gasteiger partial charge >= 0.3 is 0 Å². The van der Waals surface area contributed by atoms with Gasteiger partial charge in [0.2, 0.25) is 5.91 Å². The quantitative estimate of drug-likeness (QED) is 0.579. The van der Waals surface area contributed by atoms with Gasteiger partial charge in [-0.25, -0.2) is 0 Å². The lowest BCUT2D eigenvalue weighted by Crippen LogP contribution is -2.46. The van der Waals surface area contributed by atoms with Crippen LogP contribution < -0.4 is 5.32 Å². The van der Waals surface area contributed by atoms with Crippen molar-refractivity contribution in [2.45, 2.75) is 44.6 Å². The Balaban J connectivity index is 1.50. The molecule has 31 heavy (non-hydrogen) atoms. The fourth-order valence-electron chi connectivity index (χ4n) is 4.76. The number of benzene rings is 2. The van der Waals surface area contributed by atoms with Gasteiger partial charge < -0.3 is 5.32 Å². The third kappa shape index (κ3) is 5.59. The average molecular weight is 414 g/mol. The van der Waals surface area contributed by atoms with Crippen LogP contribution in [0.25, 0.3) is 0 Å². The maximum Gasteiger partial charge on any atom is 0.221 e. The van der Waals surface area contributed by atoms with Gasteiger partial charge in [-0.3, -0.25) is 14.7 Å². The Morgan fingerprint density at radius 2 is 1.77 bits per heavy atom. The Kier molecular flexibility index (Phi) is 6.78. The SMILES string of the molecule is CC(=O)Nc1ccc(CN2CCCC(CCc3ccccc3)(c3ccccn3)C2)cc1. The zero-order chi connectivity index (χ0) is 21.5. The number of aryl methyl sites for hydroxylation is 1. The van der Waals surface area contributed by atoms with E-state index >= 15 is 0 Å². The monoisotopic (exact) mass is 413 g/mol. The summed E-state index contributed by atoms with van der Waals surface area (Å²) in [5, 5.41) is 2.84. The highest BCUT2D eigenvalue weighted by atomic mass is 16.1. The van der Waals surface area contributed by atoms with Crippen molar-refractivity contribution in [3.05, 3.63) is 95.8 Å². The zero-order valence-electron chi connectivity index (χ0n) is 18.3. The summed E-state index contributed by atoms with van der Waals surface area (Å²) in [5.74, 6) is -0.0395. The van der Waals surface area contributed by atoms with Gasteiger partial charge in [0, 0.05) is 43.0 Å². The molecule has 1 aromatic heterocycles. The Labute approximate surface area is 185 Å². The topological polar surface area (TPSA) is 45.2 Å². The Morgan fingerprint density at radius 3 is 2.48 bits per heavy atom. The largest absolute Gasteiger partial charge is 0.326 e. The molecule has 0 bridgehead atoms. The van der Waals surface area contributed by atoms with Crippen molar-refractivity contribution in [2.75, 3.05) is 18.4 Å². The summed E-state index contributed by atoms with van der Waals surface area (Å²) in [7, 11) is 0. The van der Waals surface area contributed by atoms with Crippen molar-refractivity contribution in [2.24, 2.45) is 0 Å². The minimum Gasteiger partial charge on any atom is -0.326 e. The van der Waals surface area contributed by atoms with Crippen LogP contribution in [0.1, 0.15) is 43.0 Å². The number of aromatic nitrogens is 1. The normalized spacial score (nSPS) is 19.1. The van der Waals surface area contributed by atoms with Gasteiger partial charge in [0.05, 0.1) is 0 Å². The van der Waals surface area contributed by atoms with Gasteiger partial charge in [0.15, 0.2) is 0 Å².